The summed E-state index contributed by atoms with van der Waals surface area (Å²) >= 11 is 0. The summed E-state index contributed by atoms with van der Waals surface area (Å²) in [6.45, 7) is 1.23. The third kappa shape index (κ3) is 4.40. The van der Waals surface area contributed by atoms with Crippen molar-refractivity contribution in [2.24, 2.45) is 7.05 Å². The van der Waals surface area contributed by atoms with E-state index in [0.717, 1.165) is 12.0 Å². The standard InChI is InChI=1S/C24H28FN5O3S/c1-26-21-14-33-23-10-20(25)22(9-19(23)18(21)8-16-6-4-3-5-7-16)30-11-17(12-30)28-34(31,32)24-13-29(2)15-27-24/h3-7,9-10,13,15,17-18,21,26,28H,8,11-12,14H2,1-2H3/t18-,21-/m1/s1. The molecule has 3 heterocycles. The molecule has 0 amide bonds. The number of benzene rings is 2. The van der Waals surface area contributed by atoms with Crippen LogP contribution in [0, 0.1) is 5.82 Å². The summed E-state index contributed by atoms with van der Waals surface area (Å²) in [5, 5.41) is 3.32. The fourth-order valence-electron chi connectivity index (χ4n) is 4.69. The number of hydrogen-bond donors (Lipinski definition) is 2. The zero-order valence-corrected chi connectivity index (χ0v) is 19.9. The Morgan fingerprint density at radius 3 is 2.65 bits per heavy atom. The van der Waals surface area contributed by atoms with Crippen molar-refractivity contribution in [2.75, 3.05) is 31.6 Å². The fourth-order valence-corrected chi connectivity index (χ4v) is 5.89. The molecule has 2 aliphatic rings. The zero-order chi connectivity index (χ0) is 23.9. The highest BCUT2D eigenvalue weighted by atomic mass is 32.2. The van der Waals surface area contributed by atoms with Crippen molar-refractivity contribution < 1.29 is 17.5 Å². The topological polar surface area (TPSA) is 88.5 Å². The van der Waals surface area contributed by atoms with Gasteiger partial charge in [-0.1, -0.05) is 30.3 Å². The number of hydrogen-bond acceptors (Lipinski definition) is 6. The highest BCUT2D eigenvalue weighted by molar-refractivity contribution is 7.89. The Labute approximate surface area is 198 Å². The third-order valence-corrected chi connectivity index (χ3v) is 7.96. The van der Waals surface area contributed by atoms with Gasteiger partial charge in [-0.05, 0) is 25.1 Å². The number of imidazole rings is 1. The summed E-state index contributed by atoms with van der Waals surface area (Å²) < 4.78 is 50.2. The number of ether oxygens (including phenoxy) is 1. The molecule has 2 N–H and O–H groups in total. The van der Waals surface area contributed by atoms with Crippen molar-refractivity contribution in [3.63, 3.8) is 0 Å². The van der Waals surface area contributed by atoms with Crippen molar-refractivity contribution in [1.29, 1.82) is 0 Å². The van der Waals surface area contributed by atoms with Crippen molar-refractivity contribution in [3.8, 4) is 5.75 Å². The molecule has 180 valence electrons. The second kappa shape index (κ2) is 9.01. The molecular formula is C24H28FN5O3S. The molecule has 34 heavy (non-hydrogen) atoms. The van der Waals surface area contributed by atoms with Gasteiger partial charge in [0.25, 0.3) is 10.0 Å². The molecule has 2 atom stereocenters. The quantitative estimate of drug-likeness (QED) is 0.533. The van der Waals surface area contributed by atoms with Crippen molar-refractivity contribution in [3.05, 3.63) is 71.9 Å². The molecule has 0 spiro atoms. The maximum absolute atomic E-state index is 15.0. The monoisotopic (exact) mass is 485 g/mol. The van der Waals surface area contributed by atoms with Crippen LogP contribution in [0.25, 0.3) is 0 Å². The predicted molar refractivity (Wildman–Crippen MR) is 127 cm³/mol. The van der Waals surface area contributed by atoms with E-state index in [0.29, 0.717) is 31.1 Å². The molecule has 0 unspecified atom stereocenters. The number of aromatic nitrogens is 2. The Balaban J connectivity index is 1.34. The molecule has 0 bridgehead atoms. The van der Waals surface area contributed by atoms with E-state index in [9.17, 15) is 8.42 Å². The molecule has 2 aliphatic heterocycles. The van der Waals surface area contributed by atoms with E-state index in [1.807, 2.05) is 36.2 Å². The molecule has 8 nitrogen and oxygen atoms in total. The minimum Gasteiger partial charge on any atom is -0.492 e. The summed E-state index contributed by atoms with van der Waals surface area (Å²) in [5.74, 6) is 0.322. The van der Waals surface area contributed by atoms with Gasteiger partial charge in [-0.15, -0.1) is 0 Å². The van der Waals surface area contributed by atoms with Gasteiger partial charge in [0.15, 0.2) is 5.03 Å². The maximum atomic E-state index is 15.0. The lowest BCUT2D eigenvalue weighted by Crippen LogP contribution is -2.59. The summed E-state index contributed by atoms with van der Waals surface area (Å²) in [6.07, 6.45) is 3.70. The molecule has 2 aromatic carbocycles. The fraction of sp³-hybridized carbons (Fsp3) is 0.375. The van der Waals surface area contributed by atoms with Crippen LogP contribution < -0.4 is 19.7 Å². The van der Waals surface area contributed by atoms with Crippen LogP contribution in [0.15, 0.2) is 60.0 Å². The minimum absolute atomic E-state index is 0.0209. The van der Waals surface area contributed by atoms with Gasteiger partial charge in [-0.3, -0.25) is 0 Å². The normalized spacial score (nSPS) is 20.5. The van der Waals surface area contributed by atoms with Crippen molar-refractivity contribution in [1.82, 2.24) is 19.6 Å². The average Bonchev–Trinajstić information content (AvgIpc) is 3.24. The van der Waals surface area contributed by atoms with Crippen LogP contribution in [0.2, 0.25) is 0 Å². The van der Waals surface area contributed by atoms with Crippen LogP contribution in [-0.2, 0) is 23.5 Å². The molecule has 1 saturated heterocycles. The van der Waals surface area contributed by atoms with E-state index in [1.54, 1.807) is 11.6 Å². The number of rotatable bonds is 7. The number of halogens is 1. The van der Waals surface area contributed by atoms with E-state index in [-0.39, 0.29) is 28.8 Å². The van der Waals surface area contributed by atoms with Gasteiger partial charge in [-0.2, -0.15) is 0 Å². The number of anilines is 1. The second-order valence-corrected chi connectivity index (χ2v) is 10.6. The van der Waals surface area contributed by atoms with Gasteiger partial charge in [0, 0.05) is 49.9 Å². The molecule has 3 aromatic rings. The number of fused-ring (bicyclic) bond motifs is 1. The first-order chi connectivity index (χ1) is 16.3. The summed E-state index contributed by atoms with van der Waals surface area (Å²) in [6, 6.07) is 13.3. The number of nitrogens with one attached hydrogen (secondary N) is 2. The molecule has 5 rings (SSSR count). The largest absolute Gasteiger partial charge is 0.492 e. The van der Waals surface area contributed by atoms with Crippen LogP contribution in [-0.4, -0.2) is 56.8 Å². The zero-order valence-electron chi connectivity index (χ0n) is 19.1. The molecule has 1 fully saturated rings. The van der Waals surface area contributed by atoms with Crippen LogP contribution in [0.4, 0.5) is 10.1 Å². The predicted octanol–water partition coefficient (Wildman–Crippen LogP) is 2.03. The average molecular weight is 486 g/mol. The number of aryl methyl sites for hydroxylation is 1. The van der Waals surface area contributed by atoms with Gasteiger partial charge >= 0.3 is 0 Å². The molecule has 1 aromatic heterocycles. The summed E-state index contributed by atoms with van der Waals surface area (Å²) in [7, 11) is -0.0908. The first kappa shape index (κ1) is 22.8. The summed E-state index contributed by atoms with van der Waals surface area (Å²) in [4.78, 5) is 5.77. The van der Waals surface area contributed by atoms with Crippen LogP contribution >= 0.6 is 0 Å². The Morgan fingerprint density at radius 2 is 1.97 bits per heavy atom. The van der Waals surface area contributed by atoms with E-state index in [2.05, 4.69) is 27.2 Å². The first-order valence-corrected chi connectivity index (χ1v) is 12.7. The van der Waals surface area contributed by atoms with Crippen molar-refractivity contribution in [2.45, 2.75) is 29.4 Å². The lowest BCUT2D eigenvalue weighted by molar-refractivity contribution is 0.218. The van der Waals surface area contributed by atoms with Crippen LogP contribution in [0.3, 0.4) is 0 Å². The molecular weight excluding hydrogens is 457 g/mol. The van der Waals surface area contributed by atoms with Crippen molar-refractivity contribution >= 4 is 15.7 Å². The number of nitrogens with zero attached hydrogens (tertiary/aromatic N) is 3. The Morgan fingerprint density at radius 1 is 1.21 bits per heavy atom. The molecule has 0 radical (unpaired) electrons. The van der Waals surface area contributed by atoms with Crippen LogP contribution in [0.5, 0.6) is 5.75 Å². The lowest BCUT2D eigenvalue weighted by atomic mass is 9.83. The summed E-state index contributed by atoms with van der Waals surface area (Å²) in [5.41, 5.74) is 2.63. The Kier molecular flexibility index (Phi) is 6.05. The highest BCUT2D eigenvalue weighted by Gasteiger charge is 2.36. The molecule has 0 saturated carbocycles. The highest BCUT2D eigenvalue weighted by Crippen LogP contribution is 2.40. The van der Waals surface area contributed by atoms with Crippen LogP contribution in [0.1, 0.15) is 17.0 Å². The Hall–Kier alpha value is -2.95. The maximum Gasteiger partial charge on any atom is 0.259 e. The second-order valence-electron chi connectivity index (χ2n) is 8.94. The van der Waals surface area contributed by atoms with Gasteiger partial charge in [0.2, 0.25) is 0 Å². The minimum atomic E-state index is -3.71. The van der Waals surface area contributed by atoms with Gasteiger partial charge in [0.1, 0.15) is 18.2 Å². The first-order valence-electron chi connectivity index (χ1n) is 11.3. The smallest absolute Gasteiger partial charge is 0.259 e. The third-order valence-electron chi connectivity index (χ3n) is 6.55. The number of sulfonamides is 1. The number of likely N-dealkylation sites (N-methyl/N-ethyl adjacent to an activating group) is 1. The van der Waals surface area contributed by atoms with E-state index in [1.165, 1.54) is 24.2 Å². The van der Waals surface area contributed by atoms with E-state index < -0.39 is 10.0 Å². The molecule has 10 heteroatoms. The van der Waals surface area contributed by atoms with E-state index >= 15 is 4.39 Å². The van der Waals surface area contributed by atoms with Gasteiger partial charge in [0.05, 0.1) is 18.1 Å². The SMILES string of the molecule is CN[C@@H]1COc2cc(F)c(N3CC(NS(=O)(=O)c4cn(C)cn4)C3)cc2[C@H]1Cc1ccccc1. The molecule has 0 aliphatic carbocycles. The van der Waals surface area contributed by atoms with Gasteiger partial charge < -0.3 is 19.5 Å². The van der Waals surface area contributed by atoms with Gasteiger partial charge in [-0.25, -0.2) is 22.5 Å². The Bertz CT molecular complexity index is 1280. The van der Waals surface area contributed by atoms with E-state index in [4.69, 9.17) is 4.74 Å². The lowest BCUT2D eigenvalue weighted by Gasteiger charge is -2.42.